The Bertz CT molecular complexity index is 696. The van der Waals surface area contributed by atoms with Crippen LogP contribution < -0.4 is 11.1 Å². The van der Waals surface area contributed by atoms with Gasteiger partial charge in [-0.05, 0) is 62.6 Å². The summed E-state index contributed by atoms with van der Waals surface area (Å²) in [6, 6.07) is 13.9. The van der Waals surface area contributed by atoms with Crippen LogP contribution in [0, 0.1) is 0 Å². The van der Waals surface area contributed by atoms with Gasteiger partial charge in [0.05, 0.1) is 0 Å². The molecule has 1 amide bonds. The van der Waals surface area contributed by atoms with E-state index in [0.717, 1.165) is 11.0 Å². The first-order valence-electron chi connectivity index (χ1n) is 6.51. The van der Waals surface area contributed by atoms with Crippen molar-refractivity contribution in [3.05, 3.63) is 59.7 Å². The fourth-order valence-electron chi connectivity index (χ4n) is 2.04. The van der Waals surface area contributed by atoms with Gasteiger partial charge in [-0.2, -0.15) is 0 Å². The molecule has 0 atom stereocenters. The number of hydrogen-bond acceptors (Lipinski definition) is 3. The SMILES string of the molecule is CNC.NC(=O)c1ccc(C(=O)n2c3ccc2cc3)cc1. The standard InChI is InChI=1S/C14H10N2O2.C2H7N/c15-13(17)9-1-3-10(4-2-9)14(18)16-11-5-6-12(16)8-7-11;1-3-2/h1-8H,(H2,15,17);3H,1-2H3. The van der Waals surface area contributed by atoms with E-state index in [1.807, 2.05) is 38.4 Å². The molecule has 3 rings (SSSR count). The van der Waals surface area contributed by atoms with Gasteiger partial charge < -0.3 is 11.1 Å². The van der Waals surface area contributed by atoms with E-state index < -0.39 is 5.91 Å². The van der Waals surface area contributed by atoms with E-state index in [-0.39, 0.29) is 5.91 Å². The average Bonchev–Trinajstić information content (AvgIpc) is 3.07. The number of aromatic nitrogens is 1. The summed E-state index contributed by atoms with van der Waals surface area (Å²) in [5, 5.41) is 2.75. The van der Waals surface area contributed by atoms with Crippen LogP contribution in [-0.4, -0.2) is 30.5 Å². The molecule has 3 N–H and O–H groups in total. The molecule has 0 aliphatic carbocycles. The van der Waals surface area contributed by atoms with Crippen LogP contribution >= 0.6 is 0 Å². The van der Waals surface area contributed by atoms with E-state index in [0.29, 0.717) is 11.1 Å². The summed E-state index contributed by atoms with van der Waals surface area (Å²) < 4.78 is 1.64. The lowest BCUT2D eigenvalue weighted by Gasteiger charge is -2.03. The number of rotatable bonds is 2. The third-order valence-electron chi connectivity index (χ3n) is 2.99. The molecule has 2 heterocycles. The summed E-state index contributed by atoms with van der Waals surface area (Å²) in [7, 11) is 3.75. The molecule has 3 aromatic rings. The number of nitrogens with zero attached hydrogens (tertiary/aromatic N) is 1. The van der Waals surface area contributed by atoms with Crippen molar-refractivity contribution in [1.29, 1.82) is 0 Å². The van der Waals surface area contributed by atoms with Gasteiger partial charge in [-0.3, -0.25) is 14.2 Å². The molecule has 0 radical (unpaired) electrons. The van der Waals surface area contributed by atoms with Crippen molar-refractivity contribution >= 4 is 22.8 Å². The second-order valence-corrected chi connectivity index (χ2v) is 4.60. The monoisotopic (exact) mass is 283 g/mol. The molecular weight excluding hydrogens is 266 g/mol. The van der Waals surface area contributed by atoms with Crippen molar-refractivity contribution in [2.75, 3.05) is 14.1 Å². The van der Waals surface area contributed by atoms with Crippen LogP contribution in [-0.2, 0) is 0 Å². The quantitative estimate of drug-likeness (QED) is 0.751. The van der Waals surface area contributed by atoms with Crippen LogP contribution in [0.25, 0.3) is 11.0 Å². The van der Waals surface area contributed by atoms with Crippen LogP contribution in [0.3, 0.4) is 0 Å². The Kier molecular flexibility index (Phi) is 4.35. The highest BCUT2D eigenvalue weighted by molar-refractivity contribution is 6.03. The molecule has 2 aromatic heterocycles. The average molecular weight is 283 g/mol. The lowest BCUT2D eigenvalue weighted by Crippen LogP contribution is -2.13. The van der Waals surface area contributed by atoms with Crippen molar-refractivity contribution in [2.45, 2.75) is 0 Å². The fourth-order valence-corrected chi connectivity index (χ4v) is 2.04. The molecule has 21 heavy (non-hydrogen) atoms. The van der Waals surface area contributed by atoms with Gasteiger partial charge in [0.1, 0.15) is 0 Å². The van der Waals surface area contributed by atoms with E-state index >= 15 is 0 Å². The van der Waals surface area contributed by atoms with Crippen molar-refractivity contribution in [3.8, 4) is 0 Å². The number of amides is 1. The maximum absolute atomic E-state index is 12.3. The molecule has 0 aliphatic heterocycles. The van der Waals surface area contributed by atoms with E-state index in [2.05, 4.69) is 5.32 Å². The molecule has 2 bridgehead atoms. The largest absolute Gasteiger partial charge is 0.366 e. The zero-order valence-corrected chi connectivity index (χ0v) is 12.0. The summed E-state index contributed by atoms with van der Waals surface area (Å²) in [6.45, 7) is 0. The summed E-state index contributed by atoms with van der Waals surface area (Å²) in [6.07, 6.45) is 0. The predicted octanol–water partition coefficient (Wildman–Crippen LogP) is 1.70. The molecule has 0 unspecified atom stereocenters. The fraction of sp³-hybridized carbons (Fsp3) is 0.125. The van der Waals surface area contributed by atoms with Crippen LogP contribution in [0.5, 0.6) is 0 Å². The zero-order valence-electron chi connectivity index (χ0n) is 12.0. The molecule has 0 spiro atoms. The number of carbonyl (C=O) groups excluding carboxylic acids is 2. The number of nitrogens with two attached hydrogens (primary N) is 1. The maximum Gasteiger partial charge on any atom is 0.262 e. The Labute approximate surface area is 122 Å². The number of nitrogens with one attached hydrogen (secondary N) is 1. The number of carbonyl (C=O) groups is 2. The highest BCUT2D eigenvalue weighted by atomic mass is 16.2. The summed E-state index contributed by atoms with van der Waals surface area (Å²) >= 11 is 0. The van der Waals surface area contributed by atoms with Gasteiger partial charge >= 0.3 is 0 Å². The highest BCUT2D eigenvalue weighted by Crippen LogP contribution is 2.19. The second kappa shape index (κ2) is 6.19. The van der Waals surface area contributed by atoms with Crippen molar-refractivity contribution < 1.29 is 9.59 Å². The number of benzene rings is 2. The normalized spacial score (nSPS) is 10.2. The van der Waals surface area contributed by atoms with Gasteiger partial charge in [0, 0.05) is 22.2 Å². The van der Waals surface area contributed by atoms with Crippen molar-refractivity contribution in [2.24, 2.45) is 5.73 Å². The maximum atomic E-state index is 12.3. The van der Waals surface area contributed by atoms with Gasteiger partial charge in [-0.15, -0.1) is 0 Å². The Morgan fingerprint density at radius 2 is 1.24 bits per heavy atom. The van der Waals surface area contributed by atoms with Gasteiger partial charge in [0.25, 0.3) is 5.91 Å². The van der Waals surface area contributed by atoms with Gasteiger partial charge in [0.15, 0.2) is 0 Å². The molecule has 0 fully saturated rings. The van der Waals surface area contributed by atoms with Crippen LogP contribution in [0.4, 0.5) is 0 Å². The smallest absolute Gasteiger partial charge is 0.262 e. The molecule has 0 saturated carbocycles. The van der Waals surface area contributed by atoms with Crippen LogP contribution in [0.15, 0.2) is 48.5 Å². The number of primary amides is 1. The van der Waals surface area contributed by atoms with E-state index in [1.54, 1.807) is 28.8 Å². The number of fused-ring (bicyclic) bond motifs is 2. The van der Waals surface area contributed by atoms with E-state index in [4.69, 9.17) is 5.73 Å². The van der Waals surface area contributed by atoms with E-state index in [1.165, 1.54) is 0 Å². The summed E-state index contributed by atoms with van der Waals surface area (Å²) in [4.78, 5) is 23.2. The summed E-state index contributed by atoms with van der Waals surface area (Å²) in [5.74, 6) is -0.603. The Hall–Kier alpha value is -2.66. The van der Waals surface area contributed by atoms with Crippen molar-refractivity contribution in [3.63, 3.8) is 0 Å². The second-order valence-electron chi connectivity index (χ2n) is 4.60. The third-order valence-corrected chi connectivity index (χ3v) is 2.99. The topological polar surface area (TPSA) is 77.1 Å². The van der Waals surface area contributed by atoms with Gasteiger partial charge in [-0.25, -0.2) is 0 Å². The Morgan fingerprint density at radius 1 is 0.857 bits per heavy atom. The van der Waals surface area contributed by atoms with E-state index in [9.17, 15) is 9.59 Å². The first kappa shape index (κ1) is 14.7. The Balaban J connectivity index is 0.000000497. The third kappa shape index (κ3) is 2.93. The minimum atomic E-state index is -0.498. The minimum absolute atomic E-state index is 0.106. The highest BCUT2D eigenvalue weighted by Gasteiger charge is 2.14. The first-order valence-corrected chi connectivity index (χ1v) is 6.51. The zero-order chi connectivity index (χ0) is 15.4. The number of hydrogen-bond donors (Lipinski definition) is 2. The minimum Gasteiger partial charge on any atom is -0.366 e. The lowest BCUT2D eigenvalue weighted by molar-refractivity contribution is 0.0965. The first-order chi connectivity index (χ1) is 10.1. The van der Waals surface area contributed by atoms with Crippen LogP contribution in [0.1, 0.15) is 20.7 Å². The van der Waals surface area contributed by atoms with Crippen LogP contribution in [0.2, 0.25) is 0 Å². The Morgan fingerprint density at radius 3 is 1.62 bits per heavy atom. The molecular formula is C16H17N3O2. The predicted molar refractivity (Wildman–Crippen MR) is 82.8 cm³/mol. The molecule has 108 valence electrons. The molecule has 5 nitrogen and oxygen atoms in total. The molecule has 0 saturated heterocycles. The van der Waals surface area contributed by atoms with Crippen molar-refractivity contribution in [1.82, 2.24) is 9.88 Å². The molecule has 5 heteroatoms. The molecule has 0 aliphatic rings. The summed E-state index contributed by atoms with van der Waals surface area (Å²) in [5.41, 5.74) is 7.82. The molecule has 1 aromatic carbocycles. The van der Waals surface area contributed by atoms with Gasteiger partial charge in [-0.1, -0.05) is 0 Å². The lowest BCUT2D eigenvalue weighted by atomic mass is 10.1. The van der Waals surface area contributed by atoms with Gasteiger partial charge in [0.2, 0.25) is 5.91 Å².